The van der Waals surface area contributed by atoms with Crippen LogP contribution in [-0.4, -0.2) is 48.6 Å². The van der Waals surface area contributed by atoms with E-state index in [9.17, 15) is 4.79 Å². The molecule has 2 heterocycles. The fourth-order valence-corrected chi connectivity index (χ4v) is 3.49. The quantitative estimate of drug-likeness (QED) is 0.378. The van der Waals surface area contributed by atoms with E-state index in [1.165, 1.54) is 0 Å². The molecule has 0 radical (unpaired) electrons. The maximum Gasteiger partial charge on any atom is 0.279 e. The van der Waals surface area contributed by atoms with E-state index in [-0.39, 0.29) is 5.71 Å². The summed E-state index contributed by atoms with van der Waals surface area (Å²) in [5.41, 5.74) is 2.99. The van der Waals surface area contributed by atoms with Gasteiger partial charge in [0.2, 0.25) is 0 Å². The minimum absolute atomic E-state index is 0.0479. The summed E-state index contributed by atoms with van der Waals surface area (Å²) in [5, 5.41) is 7.45. The van der Waals surface area contributed by atoms with Crippen molar-refractivity contribution in [3.63, 3.8) is 0 Å². The van der Waals surface area contributed by atoms with Gasteiger partial charge in [0.15, 0.2) is 5.71 Å². The van der Waals surface area contributed by atoms with Crippen LogP contribution in [0.15, 0.2) is 70.8 Å². The number of carbonyl (C=O) groups is 1. The van der Waals surface area contributed by atoms with E-state index < -0.39 is 5.91 Å². The van der Waals surface area contributed by atoms with Gasteiger partial charge >= 0.3 is 0 Å². The molecule has 8 heteroatoms. The number of hydrazone groups is 1. The Morgan fingerprint density at radius 1 is 1.06 bits per heavy atom. The van der Waals surface area contributed by atoms with Crippen molar-refractivity contribution in [1.82, 2.24) is 4.98 Å². The number of rotatable bonds is 5. The lowest BCUT2D eigenvalue weighted by Gasteiger charge is -2.29. The highest BCUT2D eigenvalue weighted by molar-refractivity contribution is 6.68. The van der Waals surface area contributed by atoms with Gasteiger partial charge < -0.3 is 20.8 Å². The molecule has 0 atom stereocenters. The first-order valence-electron chi connectivity index (χ1n) is 10.1. The smallest absolute Gasteiger partial charge is 0.279 e. The number of para-hydroxylation sites is 3. The summed E-state index contributed by atoms with van der Waals surface area (Å²) in [4.78, 5) is 24.2. The van der Waals surface area contributed by atoms with Crippen LogP contribution in [0.3, 0.4) is 0 Å². The van der Waals surface area contributed by atoms with Gasteiger partial charge in [0.25, 0.3) is 5.91 Å². The molecule has 2 aromatic carbocycles. The Morgan fingerprint density at radius 3 is 2.61 bits per heavy atom. The Bertz CT molecular complexity index is 1150. The van der Waals surface area contributed by atoms with Crippen molar-refractivity contribution < 1.29 is 9.53 Å². The van der Waals surface area contributed by atoms with Crippen molar-refractivity contribution in [1.29, 1.82) is 0 Å². The Kier molecular flexibility index (Phi) is 6.18. The van der Waals surface area contributed by atoms with E-state index in [0.717, 1.165) is 35.4 Å². The molecule has 1 aliphatic heterocycles. The van der Waals surface area contributed by atoms with Crippen LogP contribution in [-0.2, 0) is 9.53 Å². The summed E-state index contributed by atoms with van der Waals surface area (Å²) >= 11 is 0. The molecular weight excluding hydrogens is 392 g/mol. The van der Waals surface area contributed by atoms with Crippen LogP contribution >= 0.6 is 0 Å². The fraction of sp³-hybridized carbons (Fsp3) is 0.217. The largest absolute Gasteiger partial charge is 0.378 e. The SMILES string of the molecule is CC(=Nc1ccccc1N1CCOCC1)C(=NN)C(=O)Nc1ccc2ccccc2n1. The van der Waals surface area contributed by atoms with Crippen molar-refractivity contribution in [3.05, 3.63) is 60.7 Å². The second-order valence-corrected chi connectivity index (χ2v) is 7.11. The summed E-state index contributed by atoms with van der Waals surface area (Å²) in [6.07, 6.45) is 0. The van der Waals surface area contributed by atoms with Gasteiger partial charge in [-0.25, -0.2) is 9.98 Å². The molecule has 158 valence electrons. The molecule has 3 aromatic rings. The number of amides is 1. The number of pyridine rings is 1. The normalized spacial score (nSPS) is 15.2. The van der Waals surface area contributed by atoms with Crippen LogP contribution in [0.25, 0.3) is 10.9 Å². The van der Waals surface area contributed by atoms with Crippen molar-refractivity contribution >= 4 is 45.4 Å². The van der Waals surface area contributed by atoms with Crippen LogP contribution in [0.1, 0.15) is 6.92 Å². The first kappa shape index (κ1) is 20.5. The molecule has 1 aromatic heterocycles. The Labute approximate surface area is 180 Å². The number of carbonyl (C=O) groups excluding carboxylic acids is 1. The lowest BCUT2D eigenvalue weighted by molar-refractivity contribution is -0.110. The molecular formula is C23H24N6O2. The van der Waals surface area contributed by atoms with Crippen LogP contribution < -0.4 is 16.1 Å². The lowest BCUT2D eigenvalue weighted by atomic mass is 10.2. The molecule has 1 amide bonds. The van der Waals surface area contributed by atoms with E-state index in [0.29, 0.717) is 24.7 Å². The summed E-state index contributed by atoms with van der Waals surface area (Å²) < 4.78 is 5.44. The zero-order chi connectivity index (χ0) is 21.6. The van der Waals surface area contributed by atoms with Crippen LogP contribution in [0, 0.1) is 0 Å². The zero-order valence-electron chi connectivity index (χ0n) is 17.3. The molecule has 31 heavy (non-hydrogen) atoms. The number of morpholine rings is 1. The summed E-state index contributed by atoms with van der Waals surface area (Å²) in [5.74, 6) is 5.51. The highest BCUT2D eigenvalue weighted by Gasteiger charge is 2.18. The van der Waals surface area contributed by atoms with Crippen LogP contribution in [0.2, 0.25) is 0 Å². The maximum atomic E-state index is 12.8. The molecule has 1 fully saturated rings. The number of aliphatic imine (C=N–C) groups is 1. The number of benzene rings is 2. The highest BCUT2D eigenvalue weighted by atomic mass is 16.5. The van der Waals surface area contributed by atoms with E-state index in [4.69, 9.17) is 10.6 Å². The molecule has 0 aliphatic carbocycles. The minimum atomic E-state index is -0.463. The number of aromatic nitrogens is 1. The van der Waals surface area contributed by atoms with Crippen molar-refractivity contribution in [2.75, 3.05) is 36.5 Å². The lowest BCUT2D eigenvalue weighted by Crippen LogP contribution is -2.36. The van der Waals surface area contributed by atoms with E-state index in [2.05, 4.69) is 25.3 Å². The van der Waals surface area contributed by atoms with Gasteiger partial charge in [0.1, 0.15) is 5.82 Å². The highest BCUT2D eigenvalue weighted by Crippen LogP contribution is 2.29. The molecule has 8 nitrogen and oxygen atoms in total. The van der Waals surface area contributed by atoms with Crippen molar-refractivity contribution in [2.45, 2.75) is 6.92 Å². The maximum absolute atomic E-state index is 12.8. The van der Waals surface area contributed by atoms with Crippen molar-refractivity contribution in [2.24, 2.45) is 15.9 Å². The Hall–Kier alpha value is -3.78. The number of ether oxygens (including phenoxy) is 1. The predicted octanol–water partition coefficient (Wildman–Crippen LogP) is 3.12. The summed E-state index contributed by atoms with van der Waals surface area (Å²) in [6, 6.07) is 19.1. The third kappa shape index (κ3) is 4.70. The number of nitrogens with two attached hydrogens (primary N) is 1. The topological polar surface area (TPSA) is 105 Å². The molecule has 4 rings (SSSR count). The standard InChI is InChI=1S/C23H24N6O2/c1-16(25-19-8-4-5-9-20(19)29-12-14-31-15-13-29)22(28-24)23(30)27-21-11-10-17-6-2-3-7-18(17)26-21/h2-11H,12-15,24H2,1H3,(H,26,27,30). The molecule has 0 spiro atoms. The van der Waals surface area contributed by atoms with E-state index in [1.54, 1.807) is 13.0 Å². The van der Waals surface area contributed by atoms with Gasteiger partial charge in [-0.05, 0) is 37.3 Å². The molecule has 0 saturated carbocycles. The molecule has 1 saturated heterocycles. The zero-order valence-corrected chi connectivity index (χ0v) is 17.3. The van der Waals surface area contributed by atoms with Gasteiger partial charge in [-0.15, -0.1) is 0 Å². The van der Waals surface area contributed by atoms with Gasteiger partial charge in [-0.2, -0.15) is 5.10 Å². The third-order valence-corrected chi connectivity index (χ3v) is 5.05. The number of anilines is 2. The fourth-order valence-electron chi connectivity index (χ4n) is 3.49. The van der Waals surface area contributed by atoms with Crippen molar-refractivity contribution in [3.8, 4) is 0 Å². The number of fused-ring (bicyclic) bond motifs is 1. The van der Waals surface area contributed by atoms with E-state index in [1.807, 2.05) is 54.6 Å². The van der Waals surface area contributed by atoms with E-state index >= 15 is 0 Å². The van der Waals surface area contributed by atoms with Gasteiger partial charge in [0, 0.05) is 18.5 Å². The minimum Gasteiger partial charge on any atom is -0.378 e. The third-order valence-electron chi connectivity index (χ3n) is 5.05. The Morgan fingerprint density at radius 2 is 1.81 bits per heavy atom. The molecule has 0 bridgehead atoms. The van der Waals surface area contributed by atoms with Gasteiger partial charge in [-0.3, -0.25) is 4.79 Å². The average molecular weight is 416 g/mol. The van der Waals surface area contributed by atoms with Gasteiger partial charge in [0.05, 0.1) is 35.8 Å². The first-order valence-corrected chi connectivity index (χ1v) is 10.1. The summed E-state index contributed by atoms with van der Waals surface area (Å²) in [7, 11) is 0. The average Bonchev–Trinajstić information content (AvgIpc) is 2.80. The number of hydrogen-bond acceptors (Lipinski definition) is 7. The molecule has 0 unspecified atom stereocenters. The number of hydrogen-bond donors (Lipinski definition) is 2. The number of nitrogens with one attached hydrogen (secondary N) is 1. The Balaban J connectivity index is 1.55. The van der Waals surface area contributed by atoms with Gasteiger partial charge in [-0.1, -0.05) is 30.3 Å². The van der Waals surface area contributed by atoms with Crippen LogP contribution in [0.4, 0.5) is 17.2 Å². The second kappa shape index (κ2) is 9.36. The first-order chi connectivity index (χ1) is 15.2. The second-order valence-electron chi connectivity index (χ2n) is 7.11. The summed E-state index contributed by atoms with van der Waals surface area (Å²) in [6.45, 7) is 4.64. The number of nitrogens with zero attached hydrogens (tertiary/aromatic N) is 4. The molecule has 1 aliphatic rings. The predicted molar refractivity (Wildman–Crippen MR) is 124 cm³/mol. The monoisotopic (exact) mass is 416 g/mol. The van der Waals surface area contributed by atoms with Crippen LogP contribution in [0.5, 0.6) is 0 Å². The molecule has 3 N–H and O–H groups in total.